The van der Waals surface area contributed by atoms with Gasteiger partial charge in [0.15, 0.2) is 17.1 Å². The third kappa shape index (κ3) is 2.59. The molecule has 0 unspecified atom stereocenters. The molecule has 4 aliphatic rings. The van der Waals surface area contributed by atoms with Crippen molar-refractivity contribution >= 4 is 29.0 Å². The molecule has 0 aromatic carbocycles. The maximum Gasteiger partial charge on any atom is 0.303 e. The van der Waals surface area contributed by atoms with E-state index in [-0.39, 0.29) is 29.1 Å². The molecule has 0 amide bonds. The quantitative estimate of drug-likeness (QED) is 0.509. The van der Waals surface area contributed by atoms with Crippen LogP contribution in [0.15, 0.2) is 23.8 Å². The lowest BCUT2D eigenvalue weighted by Crippen LogP contribution is -2.69. The molecule has 31 heavy (non-hydrogen) atoms. The van der Waals surface area contributed by atoms with Gasteiger partial charge in [0.25, 0.3) is 0 Å². The Morgan fingerprint density at radius 3 is 2.61 bits per heavy atom. The molecule has 1 N–H and O–H groups in total. The van der Waals surface area contributed by atoms with E-state index in [9.17, 15) is 14.7 Å². The van der Waals surface area contributed by atoms with Crippen LogP contribution in [0, 0.1) is 28.6 Å². The van der Waals surface area contributed by atoms with E-state index >= 15 is 4.39 Å². The van der Waals surface area contributed by atoms with Crippen molar-refractivity contribution in [2.24, 2.45) is 28.6 Å². The maximum absolute atomic E-state index is 17.2. The third-order valence-electron chi connectivity index (χ3n) is 8.97. The summed E-state index contributed by atoms with van der Waals surface area (Å²) in [5.74, 6) is -1.46. The molecule has 170 valence electrons. The highest BCUT2D eigenvalue weighted by Gasteiger charge is 2.76. The van der Waals surface area contributed by atoms with Gasteiger partial charge in [0.2, 0.25) is 5.05 Å². The van der Waals surface area contributed by atoms with Gasteiger partial charge < -0.3 is 14.6 Å². The summed E-state index contributed by atoms with van der Waals surface area (Å²) in [6, 6.07) is 0. The minimum atomic E-state index is -1.93. The molecule has 5 nitrogen and oxygen atoms in total. The van der Waals surface area contributed by atoms with Crippen LogP contribution in [0.3, 0.4) is 0 Å². The highest BCUT2D eigenvalue weighted by Crippen LogP contribution is 2.71. The Morgan fingerprint density at radius 2 is 2.00 bits per heavy atom. The lowest BCUT2D eigenvalue weighted by molar-refractivity contribution is -0.217. The van der Waals surface area contributed by atoms with Crippen LogP contribution in [0.1, 0.15) is 53.4 Å². The zero-order valence-electron chi connectivity index (χ0n) is 18.7. The first kappa shape index (κ1) is 22.6. The molecule has 3 fully saturated rings. The summed E-state index contributed by atoms with van der Waals surface area (Å²) in [7, 11) is 1.46. The molecule has 0 aliphatic heterocycles. The number of carbonyl (C=O) groups excluding carboxylic acids is 2. The number of rotatable bonds is 2. The fraction of sp³-hybridized carbons (Fsp3) is 0.708. The van der Waals surface area contributed by atoms with Crippen LogP contribution in [-0.2, 0) is 19.1 Å². The Balaban J connectivity index is 1.86. The fourth-order valence-corrected chi connectivity index (χ4v) is 8.08. The van der Waals surface area contributed by atoms with E-state index in [1.807, 2.05) is 13.8 Å². The van der Waals surface area contributed by atoms with Crippen LogP contribution >= 0.6 is 12.2 Å². The zero-order chi connectivity index (χ0) is 23.0. The van der Waals surface area contributed by atoms with E-state index in [0.717, 1.165) is 5.57 Å². The molecule has 4 aliphatic carbocycles. The number of carbonyl (C=O) groups is 2. The van der Waals surface area contributed by atoms with Gasteiger partial charge in [0.05, 0.1) is 13.2 Å². The number of ketones is 1. The van der Waals surface area contributed by atoms with Crippen molar-refractivity contribution in [2.75, 3.05) is 7.11 Å². The summed E-state index contributed by atoms with van der Waals surface area (Å²) >= 11 is 5.57. The number of hydrogen-bond donors (Lipinski definition) is 1. The second kappa shape index (κ2) is 6.95. The predicted octanol–water partition coefficient (Wildman–Crippen LogP) is 3.88. The van der Waals surface area contributed by atoms with Gasteiger partial charge >= 0.3 is 5.97 Å². The van der Waals surface area contributed by atoms with E-state index in [1.54, 1.807) is 13.0 Å². The van der Waals surface area contributed by atoms with Crippen molar-refractivity contribution in [1.82, 2.24) is 0 Å². The molecule has 7 heteroatoms. The number of halogens is 1. The SMILES string of the molecule is COC(=S)[C@@]1(OC(C)=O)[C@@H](C)C[C@H]2[C@@H]3CCC4=CC(=O)C=C[C@]4(C)[C@@]3(F)[C@@H](O)C[C@@]21C. The van der Waals surface area contributed by atoms with Gasteiger partial charge in [-0.1, -0.05) is 25.5 Å². The molecule has 0 spiro atoms. The summed E-state index contributed by atoms with van der Waals surface area (Å²) in [6.07, 6.45) is 5.05. The summed E-state index contributed by atoms with van der Waals surface area (Å²) in [5.41, 5.74) is -4.24. The molecule has 0 heterocycles. The molecule has 0 bridgehead atoms. The molecule has 0 radical (unpaired) electrons. The molecule has 8 atom stereocenters. The second-order valence-electron chi connectivity index (χ2n) is 10.2. The molecule has 0 aromatic heterocycles. The summed E-state index contributed by atoms with van der Waals surface area (Å²) < 4.78 is 28.6. The van der Waals surface area contributed by atoms with E-state index in [0.29, 0.717) is 19.3 Å². The first-order valence-corrected chi connectivity index (χ1v) is 11.4. The highest BCUT2D eigenvalue weighted by molar-refractivity contribution is 7.80. The van der Waals surface area contributed by atoms with Gasteiger partial charge in [0, 0.05) is 29.6 Å². The number of allylic oxidation sites excluding steroid dienone is 4. The van der Waals surface area contributed by atoms with E-state index in [4.69, 9.17) is 21.7 Å². The second-order valence-corrected chi connectivity index (χ2v) is 10.6. The number of fused-ring (bicyclic) bond motifs is 5. The number of hydrogen-bond acceptors (Lipinski definition) is 6. The fourth-order valence-electron chi connectivity index (χ4n) is 7.60. The first-order chi connectivity index (χ1) is 14.4. The zero-order valence-corrected chi connectivity index (χ0v) is 19.6. The number of ether oxygens (including phenoxy) is 2. The van der Waals surface area contributed by atoms with E-state index in [2.05, 4.69) is 0 Å². The van der Waals surface area contributed by atoms with Gasteiger partial charge in [-0.2, -0.15) is 0 Å². The standard InChI is InChI=1S/C24H31FO5S/c1-13-10-18-17-7-6-15-11-16(27)8-9-21(15,3)23(17,25)19(28)12-22(18,4)24(13,20(31)29-5)30-14(2)26/h8-9,11,13,17-19,28H,6-7,10,12H2,1-5H3/t13-,17-,18-,19-,21-,22-,23-,24-/m0/s1. The average molecular weight is 451 g/mol. The molecule has 0 aromatic rings. The van der Waals surface area contributed by atoms with Crippen LogP contribution in [0.5, 0.6) is 0 Å². The number of thiocarbonyl (C=S) groups is 1. The van der Waals surface area contributed by atoms with E-state index in [1.165, 1.54) is 26.2 Å². The van der Waals surface area contributed by atoms with Crippen molar-refractivity contribution in [2.45, 2.75) is 70.8 Å². The van der Waals surface area contributed by atoms with Gasteiger partial charge in [0.1, 0.15) is 0 Å². The van der Waals surface area contributed by atoms with Crippen molar-refractivity contribution in [3.05, 3.63) is 23.8 Å². The van der Waals surface area contributed by atoms with Crippen molar-refractivity contribution in [3.8, 4) is 0 Å². The van der Waals surface area contributed by atoms with Gasteiger partial charge in [-0.25, -0.2) is 4.39 Å². The van der Waals surface area contributed by atoms with Crippen molar-refractivity contribution in [3.63, 3.8) is 0 Å². The molecule has 0 saturated heterocycles. The van der Waals surface area contributed by atoms with Crippen LogP contribution in [-0.4, -0.2) is 46.4 Å². The third-order valence-corrected chi connectivity index (χ3v) is 9.44. The largest absolute Gasteiger partial charge is 0.487 e. The van der Waals surface area contributed by atoms with Crippen LogP contribution in [0.4, 0.5) is 4.39 Å². The summed E-state index contributed by atoms with van der Waals surface area (Å²) in [4.78, 5) is 24.1. The Bertz CT molecular complexity index is 914. The molecular weight excluding hydrogens is 419 g/mol. The smallest absolute Gasteiger partial charge is 0.303 e. The predicted molar refractivity (Wildman–Crippen MR) is 117 cm³/mol. The molecule has 4 rings (SSSR count). The van der Waals surface area contributed by atoms with Crippen molar-refractivity contribution in [1.29, 1.82) is 0 Å². The average Bonchev–Trinajstić information content (AvgIpc) is 2.90. The minimum absolute atomic E-state index is 0.0798. The van der Waals surface area contributed by atoms with Gasteiger partial charge in [-0.3, -0.25) is 9.59 Å². The van der Waals surface area contributed by atoms with Crippen LogP contribution < -0.4 is 0 Å². The highest BCUT2D eigenvalue weighted by atomic mass is 32.1. The number of alkyl halides is 1. The Kier molecular flexibility index (Phi) is 5.06. The lowest BCUT2D eigenvalue weighted by Gasteiger charge is -2.62. The lowest BCUT2D eigenvalue weighted by atomic mass is 9.45. The maximum atomic E-state index is 17.2. The molecule has 3 saturated carbocycles. The number of aliphatic hydroxyl groups is 1. The van der Waals surface area contributed by atoms with Gasteiger partial charge in [-0.05, 0) is 62.9 Å². The monoisotopic (exact) mass is 450 g/mol. The van der Waals surface area contributed by atoms with Crippen molar-refractivity contribution < 1.29 is 28.6 Å². The first-order valence-electron chi connectivity index (χ1n) is 11.0. The Morgan fingerprint density at radius 1 is 1.32 bits per heavy atom. The number of esters is 1. The van der Waals surface area contributed by atoms with Crippen LogP contribution in [0.2, 0.25) is 0 Å². The normalized spacial score (nSPS) is 48.2. The topological polar surface area (TPSA) is 72.8 Å². The Hall–Kier alpha value is -1.60. The molecular formula is C24H31FO5S. The summed E-state index contributed by atoms with van der Waals surface area (Å²) in [5, 5.41) is 11.6. The summed E-state index contributed by atoms with van der Waals surface area (Å²) in [6.45, 7) is 7.04. The Labute approximate surface area is 188 Å². The van der Waals surface area contributed by atoms with Crippen LogP contribution in [0.25, 0.3) is 0 Å². The number of methoxy groups -OCH3 is 1. The van der Waals surface area contributed by atoms with E-state index < -0.39 is 40.1 Å². The van der Waals surface area contributed by atoms with Gasteiger partial charge in [-0.15, -0.1) is 0 Å². The number of aliphatic hydroxyl groups excluding tert-OH is 1. The minimum Gasteiger partial charge on any atom is -0.487 e.